The van der Waals surface area contributed by atoms with E-state index in [-0.39, 0.29) is 0 Å². The molecule has 2 saturated carbocycles. The van der Waals surface area contributed by atoms with Crippen molar-refractivity contribution >= 4 is 0 Å². The van der Waals surface area contributed by atoms with Crippen molar-refractivity contribution in [1.29, 1.82) is 0 Å². The van der Waals surface area contributed by atoms with Crippen LogP contribution in [0.5, 0.6) is 5.75 Å². The molecule has 0 radical (unpaired) electrons. The predicted molar refractivity (Wildman–Crippen MR) is 61.6 cm³/mol. The number of rotatable bonds is 1. The molecular weight excluding hydrogens is 196 g/mol. The molecule has 1 aromatic rings. The number of allylic oxidation sites excluding steroid dienone is 2. The van der Waals surface area contributed by atoms with Gasteiger partial charge in [-0.15, -0.1) is 0 Å². The SMILES string of the molecule is COc1cccc2c1[C@@H]1[C@H]3[C@@H]2[C@H]2C=C[C@@H]2[C@@H]13. The number of ether oxygens (including phenoxy) is 1. The summed E-state index contributed by atoms with van der Waals surface area (Å²) in [6, 6.07) is 6.63. The molecule has 0 unspecified atom stereocenters. The molecule has 0 bridgehead atoms. The Hall–Kier alpha value is -1.24. The fourth-order valence-corrected chi connectivity index (χ4v) is 4.87. The van der Waals surface area contributed by atoms with E-state index in [0.29, 0.717) is 0 Å². The largest absolute Gasteiger partial charge is 0.496 e. The van der Waals surface area contributed by atoms with E-state index in [2.05, 4.69) is 30.4 Å². The summed E-state index contributed by atoms with van der Waals surface area (Å²) in [5.74, 6) is 6.48. The second-order valence-corrected chi connectivity index (χ2v) is 5.71. The fraction of sp³-hybridized carbons (Fsp3) is 0.467. The van der Waals surface area contributed by atoms with Gasteiger partial charge in [-0.3, -0.25) is 0 Å². The Morgan fingerprint density at radius 3 is 2.62 bits per heavy atom. The van der Waals surface area contributed by atoms with Gasteiger partial charge < -0.3 is 4.74 Å². The summed E-state index contributed by atoms with van der Waals surface area (Å²) in [6.07, 6.45) is 4.88. The number of fused-ring (bicyclic) bond motifs is 7. The minimum Gasteiger partial charge on any atom is -0.496 e. The highest BCUT2D eigenvalue weighted by atomic mass is 16.5. The molecule has 80 valence electrons. The zero-order valence-electron chi connectivity index (χ0n) is 9.26. The summed E-state index contributed by atoms with van der Waals surface area (Å²) in [6.45, 7) is 0. The Morgan fingerprint density at radius 1 is 1.00 bits per heavy atom. The van der Waals surface area contributed by atoms with Crippen molar-refractivity contribution in [2.45, 2.75) is 11.8 Å². The molecule has 0 amide bonds. The van der Waals surface area contributed by atoms with E-state index >= 15 is 0 Å². The Morgan fingerprint density at radius 2 is 1.88 bits per heavy atom. The maximum absolute atomic E-state index is 5.55. The van der Waals surface area contributed by atoms with Gasteiger partial charge in [-0.05, 0) is 47.1 Å². The average Bonchev–Trinajstić information content (AvgIpc) is 2.80. The number of methoxy groups -OCH3 is 1. The van der Waals surface area contributed by atoms with Gasteiger partial charge in [0.25, 0.3) is 0 Å². The molecule has 1 nitrogen and oxygen atoms in total. The van der Waals surface area contributed by atoms with Crippen LogP contribution in [0.4, 0.5) is 0 Å². The third kappa shape index (κ3) is 0.611. The third-order valence-corrected chi connectivity index (χ3v) is 5.42. The lowest BCUT2D eigenvalue weighted by Crippen LogP contribution is -2.19. The van der Waals surface area contributed by atoms with E-state index in [1.165, 1.54) is 0 Å². The van der Waals surface area contributed by atoms with Crippen molar-refractivity contribution in [3.05, 3.63) is 41.5 Å². The molecule has 6 atom stereocenters. The molecule has 0 aromatic heterocycles. The summed E-state index contributed by atoms with van der Waals surface area (Å²) in [4.78, 5) is 0. The average molecular weight is 210 g/mol. The minimum atomic E-state index is 0.829. The van der Waals surface area contributed by atoms with E-state index in [0.717, 1.165) is 41.3 Å². The molecule has 0 N–H and O–H groups in total. The van der Waals surface area contributed by atoms with Crippen LogP contribution in [0.15, 0.2) is 30.4 Å². The van der Waals surface area contributed by atoms with Crippen molar-refractivity contribution in [2.24, 2.45) is 23.7 Å². The van der Waals surface area contributed by atoms with E-state index in [1.54, 1.807) is 18.2 Å². The summed E-state index contributed by atoms with van der Waals surface area (Å²) in [5, 5.41) is 0. The lowest BCUT2D eigenvalue weighted by molar-refractivity contribution is 0.393. The molecule has 0 spiro atoms. The molecule has 4 aliphatic rings. The topological polar surface area (TPSA) is 9.23 Å². The second-order valence-electron chi connectivity index (χ2n) is 5.71. The monoisotopic (exact) mass is 210 g/mol. The number of benzene rings is 1. The minimum absolute atomic E-state index is 0.829. The number of hydrogen-bond donors (Lipinski definition) is 0. The van der Waals surface area contributed by atoms with Crippen LogP contribution in [0.25, 0.3) is 0 Å². The molecule has 1 heteroatoms. The van der Waals surface area contributed by atoms with E-state index in [1.807, 2.05) is 0 Å². The normalized spacial score (nSPS) is 48.1. The van der Waals surface area contributed by atoms with Gasteiger partial charge in [-0.25, -0.2) is 0 Å². The van der Waals surface area contributed by atoms with Crippen LogP contribution in [0, 0.1) is 23.7 Å². The molecule has 5 rings (SSSR count). The summed E-state index contributed by atoms with van der Waals surface area (Å²) < 4.78 is 5.55. The lowest BCUT2D eigenvalue weighted by atomic mass is 9.76. The molecular formula is C15H14O. The van der Waals surface area contributed by atoms with Crippen molar-refractivity contribution in [3.63, 3.8) is 0 Å². The first-order valence-corrected chi connectivity index (χ1v) is 6.27. The zero-order valence-corrected chi connectivity index (χ0v) is 9.26. The first-order chi connectivity index (χ1) is 7.92. The van der Waals surface area contributed by atoms with Gasteiger partial charge in [0.1, 0.15) is 5.75 Å². The number of hydrogen-bond acceptors (Lipinski definition) is 1. The van der Waals surface area contributed by atoms with Gasteiger partial charge in [0, 0.05) is 5.56 Å². The van der Waals surface area contributed by atoms with Crippen LogP contribution >= 0.6 is 0 Å². The van der Waals surface area contributed by atoms with E-state index < -0.39 is 0 Å². The quantitative estimate of drug-likeness (QED) is 0.647. The van der Waals surface area contributed by atoms with E-state index in [9.17, 15) is 0 Å². The molecule has 0 saturated heterocycles. The van der Waals surface area contributed by atoms with Crippen LogP contribution < -0.4 is 4.74 Å². The molecule has 0 heterocycles. The summed E-state index contributed by atoms with van der Waals surface area (Å²) >= 11 is 0. The van der Waals surface area contributed by atoms with Crippen molar-refractivity contribution < 1.29 is 4.74 Å². The van der Waals surface area contributed by atoms with Gasteiger partial charge in [0.15, 0.2) is 0 Å². The van der Waals surface area contributed by atoms with Crippen LogP contribution in [-0.4, -0.2) is 7.11 Å². The van der Waals surface area contributed by atoms with Crippen LogP contribution in [0.2, 0.25) is 0 Å². The highest BCUT2D eigenvalue weighted by molar-refractivity contribution is 5.59. The second kappa shape index (κ2) is 2.22. The Bertz CT molecular complexity index is 530. The molecule has 0 aliphatic heterocycles. The fourth-order valence-electron chi connectivity index (χ4n) is 4.87. The lowest BCUT2D eigenvalue weighted by Gasteiger charge is -2.28. The van der Waals surface area contributed by atoms with Crippen molar-refractivity contribution in [2.75, 3.05) is 7.11 Å². The third-order valence-electron chi connectivity index (χ3n) is 5.42. The van der Waals surface area contributed by atoms with E-state index in [4.69, 9.17) is 4.74 Å². The first kappa shape index (κ1) is 7.94. The van der Waals surface area contributed by atoms with Crippen LogP contribution in [-0.2, 0) is 0 Å². The maximum Gasteiger partial charge on any atom is 0.122 e. The van der Waals surface area contributed by atoms with Gasteiger partial charge in [-0.1, -0.05) is 24.3 Å². The maximum atomic E-state index is 5.55. The van der Waals surface area contributed by atoms with Gasteiger partial charge in [0.2, 0.25) is 0 Å². The van der Waals surface area contributed by atoms with Gasteiger partial charge >= 0.3 is 0 Å². The molecule has 4 aliphatic carbocycles. The van der Waals surface area contributed by atoms with Crippen molar-refractivity contribution in [3.8, 4) is 5.75 Å². The standard InChI is InChI=1S/C15H14O/c1-16-10-4-2-3-9-11-7-5-6-8(7)13-14(11)15(13)12(9)10/h2-8,11,13-15H,1H3/t7-,8-,11+,13+,14-,15-/m0/s1. The molecule has 16 heavy (non-hydrogen) atoms. The van der Waals surface area contributed by atoms with Crippen LogP contribution in [0.1, 0.15) is 23.0 Å². The first-order valence-electron chi connectivity index (χ1n) is 6.27. The smallest absolute Gasteiger partial charge is 0.122 e. The Kier molecular flexibility index (Phi) is 1.10. The highest BCUT2D eigenvalue weighted by Gasteiger charge is 2.72. The molecule has 2 fully saturated rings. The van der Waals surface area contributed by atoms with Crippen LogP contribution in [0.3, 0.4) is 0 Å². The highest BCUT2D eigenvalue weighted by Crippen LogP contribution is 2.80. The predicted octanol–water partition coefficient (Wildman–Crippen LogP) is 2.94. The van der Waals surface area contributed by atoms with Gasteiger partial charge in [-0.2, -0.15) is 0 Å². The Labute approximate surface area is 95.1 Å². The van der Waals surface area contributed by atoms with Crippen molar-refractivity contribution in [1.82, 2.24) is 0 Å². The zero-order chi connectivity index (χ0) is 10.4. The van der Waals surface area contributed by atoms with Gasteiger partial charge in [0.05, 0.1) is 7.11 Å². The summed E-state index contributed by atoms with van der Waals surface area (Å²) in [7, 11) is 1.81. The molecule has 1 aromatic carbocycles. The Balaban J connectivity index is 1.77. The summed E-state index contributed by atoms with van der Waals surface area (Å²) in [5.41, 5.74) is 3.16.